The molecule has 4 aliphatic carbocycles. The largest absolute Gasteiger partial charge is 0.508 e. The molecule has 7 rings (SSSR count). The fraction of sp³-hybridized carbons (Fsp3) is 0.519. The average molecular weight is 436 g/mol. The summed E-state index contributed by atoms with van der Waals surface area (Å²) in [6.45, 7) is 0.929. The molecule has 0 radical (unpaired) electrons. The predicted molar refractivity (Wildman–Crippen MR) is 123 cm³/mol. The maximum Gasteiger partial charge on any atom is 0.226 e. The van der Waals surface area contributed by atoms with Crippen molar-refractivity contribution >= 4 is 17.5 Å². The van der Waals surface area contributed by atoms with Gasteiger partial charge in [0.05, 0.1) is 0 Å². The monoisotopic (exact) mass is 435 g/mol. The zero-order chi connectivity index (χ0) is 21.2. The quantitative estimate of drug-likeness (QED) is 0.632. The van der Waals surface area contributed by atoms with Crippen LogP contribution in [0.2, 0.25) is 5.02 Å². The number of carbonyl (C=O) groups is 1. The molecule has 4 saturated carbocycles. The number of nitrogens with zero attached hydrogens (tertiary/aromatic N) is 1. The van der Waals surface area contributed by atoms with E-state index in [4.69, 9.17) is 11.6 Å². The van der Waals surface area contributed by atoms with E-state index >= 15 is 0 Å². The standard InChI is InChI=1S/C27H30ClNO2/c28-25-13-21(20-3-5-24(30)6-4-20)1-2-22(25)12-23-7-8-29(26(23)31)27-14-17-9-18(15-27)11-19(10-17)16-27/h1-6,13,17-19,23,30H,7-12,14-16H2. The number of hydrogen-bond acceptors (Lipinski definition) is 2. The molecule has 2 aromatic carbocycles. The topological polar surface area (TPSA) is 40.5 Å². The molecule has 3 nitrogen and oxygen atoms in total. The van der Waals surface area contributed by atoms with Crippen molar-refractivity contribution in [2.24, 2.45) is 23.7 Å². The second-order valence-corrected chi connectivity index (χ2v) is 11.1. The van der Waals surface area contributed by atoms with Gasteiger partial charge in [-0.25, -0.2) is 0 Å². The summed E-state index contributed by atoms with van der Waals surface area (Å²) in [6.07, 6.45) is 9.67. The van der Waals surface area contributed by atoms with Crippen molar-refractivity contribution in [1.29, 1.82) is 0 Å². The van der Waals surface area contributed by atoms with Crippen LogP contribution in [0.3, 0.4) is 0 Å². The van der Waals surface area contributed by atoms with Gasteiger partial charge in [-0.05, 0) is 104 Å². The number of aromatic hydroxyl groups is 1. The van der Waals surface area contributed by atoms with Crippen LogP contribution in [0.5, 0.6) is 5.75 Å². The van der Waals surface area contributed by atoms with Gasteiger partial charge in [-0.3, -0.25) is 4.79 Å². The van der Waals surface area contributed by atoms with Crippen LogP contribution in [0, 0.1) is 23.7 Å². The minimum atomic E-state index is 0.0602. The van der Waals surface area contributed by atoms with Gasteiger partial charge in [0.15, 0.2) is 0 Å². The average Bonchev–Trinajstić information content (AvgIpc) is 3.10. The third kappa shape index (κ3) is 3.36. The van der Waals surface area contributed by atoms with Gasteiger partial charge in [0.25, 0.3) is 0 Å². The summed E-state index contributed by atoms with van der Waals surface area (Å²) in [5.41, 5.74) is 3.29. The Bertz CT molecular complexity index is 979. The van der Waals surface area contributed by atoms with E-state index < -0.39 is 0 Å². The summed E-state index contributed by atoms with van der Waals surface area (Å²) in [4.78, 5) is 15.8. The Kier molecular flexibility index (Phi) is 4.61. The number of rotatable bonds is 4. The summed E-state index contributed by atoms with van der Waals surface area (Å²) in [6, 6.07) is 13.3. The normalized spacial score (nSPS) is 34.0. The summed E-state index contributed by atoms with van der Waals surface area (Å²) in [5, 5.41) is 10.2. The number of phenolic OH excluding ortho intramolecular Hbond substituents is 1. The number of halogens is 1. The smallest absolute Gasteiger partial charge is 0.226 e. The fourth-order valence-electron chi connectivity index (χ4n) is 7.61. The third-order valence-electron chi connectivity index (χ3n) is 8.61. The van der Waals surface area contributed by atoms with Crippen LogP contribution in [0.25, 0.3) is 11.1 Å². The molecule has 31 heavy (non-hydrogen) atoms. The first-order chi connectivity index (χ1) is 15.0. The Labute approximate surface area is 189 Å². The number of phenols is 1. The van der Waals surface area contributed by atoms with Gasteiger partial charge >= 0.3 is 0 Å². The number of benzene rings is 2. The molecular weight excluding hydrogens is 406 g/mol. The molecule has 4 heteroatoms. The zero-order valence-corrected chi connectivity index (χ0v) is 18.7. The molecule has 4 bridgehead atoms. The van der Waals surface area contributed by atoms with E-state index in [9.17, 15) is 9.90 Å². The van der Waals surface area contributed by atoms with Crippen LogP contribution >= 0.6 is 11.6 Å². The van der Waals surface area contributed by atoms with Crippen molar-refractivity contribution in [3.05, 3.63) is 53.1 Å². The van der Waals surface area contributed by atoms with Crippen molar-refractivity contribution in [3.8, 4) is 16.9 Å². The van der Waals surface area contributed by atoms with Crippen LogP contribution in [0.15, 0.2) is 42.5 Å². The minimum Gasteiger partial charge on any atom is -0.508 e. The number of hydrogen-bond donors (Lipinski definition) is 1. The second-order valence-electron chi connectivity index (χ2n) is 10.7. The molecule has 5 fully saturated rings. The van der Waals surface area contributed by atoms with Crippen molar-refractivity contribution < 1.29 is 9.90 Å². The first-order valence-corrected chi connectivity index (χ1v) is 12.3. The van der Waals surface area contributed by atoms with Gasteiger partial charge in [0.1, 0.15) is 5.75 Å². The maximum absolute atomic E-state index is 13.5. The van der Waals surface area contributed by atoms with Crippen LogP contribution < -0.4 is 0 Å². The van der Waals surface area contributed by atoms with Gasteiger partial charge in [-0.1, -0.05) is 35.9 Å². The van der Waals surface area contributed by atoms with Gasteiger partial charge in [-0.15, -0.1) is 0 Å². The van der Waals surface area contributed by atoms with Gasteiger partial charge in [0, 0.05) is 23.0 Å². The molecule has 1 N–H and O–H groups in total. The number of amides is 1. The lowest BCUT2D eigenvalue weighted by atomic mass is 9.52. The lowest BCUT2D eigenvalue weighted by Gasteiger charge is -2.60. The molecule has 1 heterocycles. The van der Waals surface area contributed by atoms with E-state index in [-0.39, 0.29) is 17.2 Å². The highest BCUT2D eigenvalue weighted by Gasteiger charge is 2.56. The van der Waals surface area contributed by atoms with Crippen LogP contribution in [-0.2, 0) is 11.2 Å². The van der Waals surface area contributed by atoms with E-state index in [0.29, 0.717) is 5.91 Å². The first-order valence-electron chi connectivity index (χ1n) is 11.9. The maximum atomic E-state index is 13.5. The molecule has 1 aliphatic heterocycles. The molecular formula is C27H30ClNO2. The lowest BCUT2D eigenvalue weighted by Crippen LogP contribution is -2.60. The summed E-state index contributed by atoms with van der Waals surface area (Å²) < 4.78 is 0. The van der Waals surface area contributed by atoms with Gasteiger partial charge < -0.3 is 10.0 Å². The predicted octanol–water partition coefficient (Wildman–Crippen LogP) is 6.07. The first kappa shape index (κ1) is 19.7. The summed E-state index contributed by atoms with van der Waals surface area (Å²) in [7, 11) is 0. The van der Waals surface area contributed by atoms with E-state index in [1.165, 1.54) is 38.5 Å². The number of likely N-dealkylation sites (tertiary alicyclic amines) is 1. The van der Waals surface area contributed by atoms with Gasteiger partial charge in [-0.2, -0.15) is 0 Å². The third-order valence-corrected chi connectivity index (χ3v) is 8.97. The Morgan fingerprint density at radius 1 is 0.935 bits per heavy atom. The van der Waals surface area contributed by atoms with E-state index in [2.05, 4.69) is 17.0 Å². The molecule has 1 atom stereocenters. The Morgan fingerprint density at radius 3 is 2.16 bits per heavy atom. The summed E-state index contributed by atoms with van der Waals surface area (Å²) >= 11 is 6.66. The molecule has 2 aromatic rings. The SMILES string of the molecule is O=C1C(Cc2ccc(-c3ccc(O)cc3)cc2Cl)CCN1C12CC3CC(CC(C3)C1)C2. The summed E-state index contributed by atoms with van der Waals surface area (Å²) in [5.74, 6) is 3.28. The van der Waals surface area contributed by atoms with Crippen LogP contribution in [0.1, 0.15) is 50.5 Å². The lowest BCUT2D eigenvalue weighted by molar-refractivity contribution is -0.147. The van der Waals surface area contributed by atoms with E-state index in [1.54, 1.807) is 12.1 Å². The van der Waals surface area contributed by atoms with E-state index in [1.807, 2.05) is 18.2 Å². The highest BCUT2D eigenvalue weighted by atomic mass is 35.5. The van der Waals surface area contributed by atoms with Gasteiger partial charge in [0.2, 0.25) is 5.91 Å². The molecule has 0 spiro atoms. The molecule has 162 valence electrons. The van der Waals surface area contributed by atoms with Crippen molar-refractivity contribution in [2.75, 3.05) is 6.54 Å². The van der Waals surface area contributed by atoms with Crippen molar-refractivity contribution in [2.45, 2.75) is 56.9 Å². The highest BCUT2D eigenvalue weighted by molar-refractivity contribution is 6.31. The van der Waals surface area contributed by atoms with Crippen LogP contribution in [0.4, 0.5) is 0 Å². The Balaban J connectivity index is 1.18. The second kappa shape index (κ2) is 7.27. The molecule has 0 aromatic heterocycles. The van der Waals surface area contributed by atoms with Crippen molar-refractivity contribution in [1.82, 2.24) is 4.90 Å². The Morgan fingerprint density at radius 2 is 1.55 bits per heavy atom. The molecule has 5 aliphatic rings. The molecule has 1 unspecified atom stereocenters. The van der Waals surface area contributed by atoms with E-state index in [0.717, 1.165) is 58.9 Å². The Hall–Kier alpha value is -2.00. The molecule has 1 saturated heterocycles. The number of carbonyl (C=O) groups excluding carboxylic acids is 1. The van der Waals surface area contributed by atoms with Crippen molar-refractivity contribution in [3.63, 3.8) is 0 Å². The highest BCUT2D eigenvalue weighted by Crippen LogP contribution is 2.58. The zero-order valence-electron chi connectivity index (χ0n) is 17.9. The molecule has 1 amide bonds. The minimum absolute atomic E-state index is 0.0602. The van der Waals surface area contributed by atoms with Crippen LogP contribution in [-0.4, -0.2) is 28.0 Å². The fourth-order valence-corrected chi connectivity index (χ4v) is 7.86.